The highest BCUT2D eigenvalue weighted by molar-refractivity contribution is 5.75. The molecule has 0 bridgehead atoms. The molecular formula is C22H28N6O3. The second kappa shape index (κ2) is 8.71. The Labute approximate surface area is 181 Å². The Morgan fingerprint density at radius 2 is 1.97 bits per heavy atom. The average Bonchev–Trinajstić information content (AvgIpc) is 3.36. The van der Waals surface area contributed by atoms with E-state index in [1.807, 2.05) is 48.7 Å². The van der Waals surface area contributed by atoms with Gasteiger partial charge in [0.2, 0.25) is 0 Å². The Balaban J connectivity index is 1.35. The van der Waals surface area contributed by atoms with E-state index in [-0.39, 0.29) is 6.03 Å². The summed E-state index contributed by atoms with van der Waals surface area (Å²) in [5, 5.41) is 7.34. The number of ether oxygens (including phenoxy) is 1. The van der Waals surface area contributed by atoms with Crippen molar-refractivity contribution in [3.63, 3.8) is 0 Å². The minimum absolute atomic E-state index is 0.0587. The van der Waals surface area contributed by atoms with E-state index in [1.54, 1.807) is 13.3 Å². The number of benzene rings is 1. The van der Waals surface area contributed by atoms with Crippen molar-refractivity contribution < 1.29 is 13.9 Å². The van der Waals surface area contributed by atoms with Gasteiger partial charge in [0.05, 0.1) is 31.1 Å². The van der Waals surface area contributed by atoms with Crippen molar-refractivity contribution in [3.8, 4) is 17.1 Å². The van der Waals surface area contributed by atoms with Gasteiger partial charge in [-0.3, -0.25) is 4.68 Å². The molecule has 3 aromatic rings. The maximum Gasteiger partial charge on any atom is 0.317 e. The standard InChI is InChI=1S/C22H28N6O3/c1-15-11-17(25-26(15)3)13-24-22(29)28-9-7-27(8-10-28)18-5-6-19(20(12-18)30-4)21-14-23-16(2)31-21/h5-6,11-12,14H,7-10,13H2,1-4H3,(H,24,29). The van der Waals surface area contributed by atoms with Gasteiger partial charge in [-0.25, -0.2) is 9.78 Å². The predicted octanol–water partition coefficient (Wildman–Crippen LogP) is 2.73. The Morgan fingerprint density at radius 1 is 1.19 bits per heavy atom. The summed E-state index contributed by atoms with van der Waals surface area (Å²) in [7, 11) is 3.55. The predicted molar refractivity (Wildman–Crippen MR) is 117 cm³/mol. The van der Waals surface area contributed by atoms with Crippen LogP contribution >= 0.6 is 0 Å². The number of hydrogen-bond acceptors (Lipinski definition) is 6. The average molecular weight is 425 g/mol. The third-order valence-electron chi connectivity index (χ3n) is 5.59. The van der Waals surface area contributed by atoms with Crippen LogP contribution in [0.25, 0.3) is 11.3 Å². The number of nitrogens with zero attached hydrogens (tertiary/aromatic N) is 5. The van der Waals surface area contributed by atoms with E-state index in [2.05, 4.69) is 26.4 Å². The molecule has 0 radical (unpaired) electrons. The molecule has 31 heavy (non-hydrogen) atoms. The van der Waals surface area contributed by atoms with E-state index in [0.29, 0.717) is 31.3 Å². The zero-order valence-electron chi connectivity index (χ0n) is 18.4. The number of carbonyl (C=O) groups is 1. The van der Waals surface area contributed by atoms with Gasteiger partial charge in [-0.2, -0.15) is 5.10 Å². The molecule has 1 N–H and O–H groups in total. The maximum absolute atomic E-state index is 12.5. The summed E-state index contributed by atoms with van der Waals surface area (Å²) in [4.78, 5) is 20.8. The fourth-order valence-corrected chi connectivity index (χ4v) is 3.73. The van der Waals surface area contributed by atoms with Crippen molar-refractivity contribution in [1.29, 1.82) is 0 Å². The summed E-state index contributed by atoms with van der Waals surface area (Å²) in [6.45, 7) is 7.04. The van der Waals surface area contributed by atoms with Gasteiger partial charge in [0, 0.05) is 57.6 Å². The maximum atomic E-state index is 12.5. The van der Waals surface area contributed by atoms with Gasteiger partial charge in [-0.15, -0.1) is 0 Å². The normalized spacial score (nSPS) is 14.1. The van der Waals surface area contributed by atoms with Crippen LogP contribution in [0.15, 0.2) is 34.9 Å². The topological polar surface area (TPSA) is 88.7 Å². The second-order valence-electron chi connectivity index (χ2n) is 7.66. The van der Waals surface area contributed by atoms with Crippen molar-refractivity contribution in [3.05, 3.63) is 47.7 Å². The number of piperazine rings is 1. The van der Waals surface area contributed by atoms with Gasteiger partial charge in [-0.05, 0) is 25.1 Å². The first kappa shape index (κ1) is 20.8. The quantitative estimate of drug-likeness (QED) is 0.678. The first-order valence-corrected chi connectivity index (χ1v) is 10.3. The number of amides is 2. The molecule has 9 nitrogen and oxygen atoms in total. The molecular weight excluding hydrogens is 396 g/mol. The molecule has 0 unspecified atom stereocenters. The smallest absolute Gasteiger partial charge is 0.317 e. The van der Waals surface area contributed by atoms with E-state index >= 15 is 0 Å². The molecule has 0 aliphatic carbocycles. The zero-order chi connectivity index (χ0) is 22.0. The number of hydrogen-bond donors (Lipinski definition) is 1. The van der Waals surface area contributed by atoms with E-state index in [4.69, 9.17) is 9.15 Å². The highest BCUT2D eigenvalue weighted by Gasteiger charge is 2.22. The van der Waals surface area contributed by atoms with E-state index in [9.17, 15) is 4.79 Å². The van der Waals surface area contributed by atoms with Crippen LogP contribution in [0, 0.1) is 13.8 Å². The van der Waals surface area contributed by atoms with Gasteiger partial charge in [0.25, 0.3) is 0 Å². The van der Waals surface area contributed by atoms with Crippen LogP contribution in [-0.2, 0) is 13.6 Å². The molecule has 0 spiro atoms. The first-order valence-electron chi connectivity index (χ1n) is 10.3. The molecule has 0 saturated carbocycles. The fraction of sp³-hybridized carbons (Fsp3) is 0.409. The van der Waals surface area contributed by atoms with Crippen molar-refractivity contribution in [2.24, 2.45) is 7.05 Å². The number of methoxy groups -OCH3 is 1. The molecule has 3 heterocycles. The molecule has 164 valence electrons. The van der Waals surface area contributed by atoms with Gasteiger partial charge in [-0.1, -0.05) is 0 Å². The minimum Gasteiger partial charge on any atom is -0.496 e. The van der Waals surface area contributed by atoms with Crippen LogP contribution in [0.1, 0.15) is 17.3 Å². The van der Waals surface area contributed by atoms with Crippen LogP contribution in [0.3, 0.4) is 0 Å². The van der Waals surface area contributed by atoms with Crippen LogP contribution in [0.2, 0.25) is 0 Å². The number of rotatable bonds is 5. The molecule has 1 fully saturated rings. The summed E-state index contributed by atoms with van der Waals surface area (Å²) >= 11 is 0. The lowest BCUT2D eigenvalue weighted by Gasteiger charge is -2.36. The molecule has 1 aliphatic heterocycles. The van der Waals surface area contributed by atoms with Gasteiger partial charge >= 0.3 is 6.03 Å². The number of anilines is 1. The molecule has 0 atom stereocenters. The van der Waals surface area contributed by atoms with Gasteiger partial charge in [0.15, 0.2) is 11.7 Å². The van der Waals surface area contributed by atoms with Crippen LogP contribution < -0.4 is 15.0 Å². The lowest BCUT2D eigenvalue weighted by atomic mass is 10.1. The monoisotopic (exact) mass is 424 g/mol. The Bertz CT molecular complexity index is 1050. The molecule has 1 aromatic carbocycles. The third-order valence-corrected chi connectivity index (χ3v) is 5.59. The Hall–Kier alpha value is -3.49. The summed E-state index contributed by atoms with van der Waals surface area (Å²) in [6.07, 6.45) is 1.70. The van der Waals surface area contributed by atoms with Crippen LogP contribution in [-0.4, -0.2) is 59.0 Å². The summed E-state index contributed by atoms with van der Waals surface area (Å²) in [5.74, 6) is 2.04. The van der Waals surface area contributed by atoms with Gasteiger partial charge in [0.1, 0.15) is 5.75 Å². The summed E-state index contributed by atoms with van der Waals surface area (Å²) in [6, 6.07) is 7.97. The highest BCUT2D eigenvalue weighted by atomic mass is 16.5. The van der Waals surface area contributed by atoms with Crippen molar-refractivity contribution in [1.82, 2.24) is 25.0 Å². The van der Waals surface area contributed by atoms with Crippen LogP contribution in [0.5, 0.6) is 5.75 Å². The Kier molecular flexibility index (Phi) is 5.83. The second-order valence-corrected chi connectivity index (χ2v) is 7.66. The SMILES string of the molecule is COc1cc(N2CCN(C(=O)NCc3cc(C)n(C)n3)CC2)ccc1-c1cnc(C)o1. The van der Waals surface area contributed by atoms with Crippen molar-refractivity contribution in [2.45, 2.75) is 20.4 Å². The zero-order valence-corrected chi connectivity index (χ0v) is 18.4. The first-order chi connectivity index (χ1) is 14.9. The summed E-state index contributed by atoms with van der Waals surface area (Å²) in [5.41, 5.74) is 3.86. The highest BCUT2D eigenvalue weighted by Crippen LogP contribution is 2.34. The fourth-order valence-electron chi connectivity index (χ4n) is 3.73. The number of carbonyl (C=O) groups excluding carboxylic acids is 1. The molecule has 4 rings (SSSR count). The molecule has 2 amide bonds. The van der Waals surface area contributed by atoms with Crippen molar-refractivity contribution in [2.75, 3.05) is 38.2 Å². The summed E-state index contributed by atoms with van der Waals surface area (Å²) < 4.78 is 13.0. The minimum atomic E-state index is -0.0587. The lowest BCUT2D eigenvalue weighted by Crippen LogP contribution is -2.51. The molecule has 1 aliphatic rings. The van der Waals surface area contributed by atoms with Crippen LogP contribution in [0.4, 0.5) is 10.5 Å². The lowest BCUT2D eigenvalue weighted by molar-refractivity contribution is 0.193. The molecule has 9 heteroatoms. The van der Waals surface area contributed by atoms with Crippen molar-refractivity contribution >= 4 is 11.7 Å². The van der Waals surface area contributed by atoms with E-state index < -0.39 is 0 Å². The number of urea groups is 1. The largest absolute Gasteiger partial charge is 0.496 e. The number of aryl methyl sites for hydroxylation is 3. The van der Waals surface area contributed by atoms with E-state index in [1.165, 1.54) is 0 Å². The third kappa shape index (κ3) is 4.50. The van der Waals surface area contributed by atoms with E-state index in [0.717, 1.165) is 41.5 Å². The van der Waals surface area contributed by atoms with Gasteiger partial charge < -0.3 is 24.3 Å². The number of aromatic nitrogens is 3. The Morgan fingerprint density at radius 3 is 2.58 bits per heavy atom. The molecule has 1 saturated heterocycles. The number of nitrogens with one attached hydrogen (secondary N) is 1. The number of oxazole rings is 1. The molecule has 2 aromatic heterocycles.